The number of hydrogen-bond acceptors (Lipinski definition) is 0. The third-order valence-electron chi connectivity index (χ3n) is 2.82. The van der Waals surface area contributed by atoms with Gasteiger partial charge in [0, 0.05) is 0 Å². The summed E-state index contributed by atoms with van der Waals surface area (Å²) in [6.07, 6.45) is 8.83. The van der Waals surface area contributed by atoms with Gasteiger partial charge in [-0.1, -0.05) is 52.5 Å². The van der Waals surface area contributed by atoms with E-state index in [0.29, 0.717) is 0 Å². The molecule has 0 fully saturated rings. The van der Waals surface area contributed by atoms with Crippen LogP contribution in [-0.4, -0.2) is 0 Å². The molecule has 0 bridgehead atoms. The van der Waals surface area contributed by atoms with E-state index in [1.165, 1.54) is 32.1 Å². The van der Waals surface area contributed by atoms with Crippen LogP contribution in [0.3, 0.4) is 0 Å². The predicted molar refractivity (Wildman–Crippen MR) is 57.3 cm³/mol. The standard InChI is InChI=1S/C12H24/c1-5-8-9-10-12(7-3)11(4)6-2/h7,11-12H,3,5-6,8-10H2,1-2,4H3. The van der Waals surface area contributed by atoms with E-state index in [4.69, 9.17) is 0 Å². The summed E-state index contributed by atoms with van der Waals surface area (Å²) in [5.74, 6) is 1.57. The fourth-order valence-corrected chi connectivity index (χ4v) is 1.57. The lowest BCUT2D eigenvalue weighted by molar-refractivity contribution is 0.381. The van der Waals surface area contributed by atoms with Crippen LogP contribution < -0.4 is 0 Å². The van der Waals surface area contributed by atoms with Gasteiger partial charge in [-0.3, -0.25) is 0 Å². The van der Waals surface area contributed by atoms with Crippen LogP contribution in [0.4, 0.5) is 0 Å². The monoisotopic (exact) mass is 168 g/mol. The van der Waals surface area contributed by atoms with Gasteiger partial charge in [-0.25, -0.2) is 0 Å². The summed E-state index contributed by atoms with van der Waals surface area (Å²) < 4.78 is 0. The highest BCUT2D eigenvalue weighted by atomic mass is 14.2. The molecule has 0 saturated carbocycles. The van der Waals surface area contributed by atoms with Crippen LogP contribution in [0.2, 0.25) is 0 Å². The summed E-state index contributed by atoms with van der Waals surface area (Å²) in [4.78, 5) is 0. The topological polar surface area (TPSA) is 0 Å². The smallest absolute Gasteiger partial charge is 0.0211 e. The first kappa shape index (κ1) is 11.7. The fraction of sp³-hybridized carbons (Fsp3) is 0.833. The van der Waals surface area contributed by atoms with Crippen LogP contribution in [0, 0.1) is 11.8 Å². The molecule has 2 atom stereocenters. The molecule has 0 nitrogen and oxygen atoms in total. The van der Waals surface area contributed by atoms with E-state index < -0.39 is 0 Å². The van der Waals surface area contributed by atoms with Gasteiger partial charge >= 0.3 is 0 Å². The molecule has 0 radical (unpaired) electrons. The molecular formula is C12H24. The van der Waals surface area contributed by atoms with Gasteiger partial charge in [-0.05, 0) is 18.3 Å². The molecular weight excluding hydrogens is 144 g/mol. The normalized spacial score (nSPS) is 15.6. The maximum atomic E-state index is 3.91. The van der Waals surface area contributed by atoms with Crippen molar-refractivity contribution in [2.75, 3.05) is 0 Å². The van der Waals surface area contributed by atoms with Crippen molar-refractivity contribution in [1.82, 2.24) is 0 Å². The van der Waals surface area contributed by atoms with Crippen LogP contribution in [-0.2, 0) is 0 Å². The molecule has 0 aromatic rings. The average Bonchev–Trinajstić information content (AvgIpc) is 2.11. The molecule has 12 heavy (non-hydrogen) atoms. The zero-order chi connectivity index (χ0) is 9.40. The first-order valence-corrected chi connectivity index (χ1v) is 5.38. The summed E-state index contributed by atoms with van der Waals surface area (Å²) in [7, 11) is 0. The Kier molecular flexibility index (Phi) is 7.23. The summed E-state index contributed by atoms with van der Waals surface area (Å²) in [5.41, 5.74) is 0. The molecule has 0 spiro atoms. The quantitative estimate of drug-likeness (QED) is 0.390. The van der Waals surface area contributed by atoms with Gasteiger partial charge in [-0.2, -0.15) is 0 Å². The van der Waals surface area contributed by atoms with Crippen molar-refractivity contribution in [1.29, 1.82) is 0 Å². The highest BCUT2D eigenvalue weighted by molar-refractivity contribution is 4.82. The first-order chi connectivity index (χ1) is 5.76. The van der Waals surface area contributed by atoms with E-state index in [9.17, 15) is 0 Å². The summed E-state index contributed by atoms with van der Waals surface area (Å²) in [5, 5.41) is 0. The van der Waals surface area contributed by atoms with Gasteiger partial charge in [0.05, 0.1) is 0 Å². The van der Waals surface area contributed by atoms with Crippen LogP contribution in [0.1, 0.15) is 52.9 Å². The van der Waals surface area contributed by atoms with Crippen molar-refractivity contribution >= 4 is 0 Å². The number of unbranched alkanes of at least 4 members (excludes halogenated alkanes) is 2. The molecule has 0 aliphatic rings. The van der Waals surface area contributed by atoms with E-state index in [1.807, 2.05) is 0 Å². The molecule has 0 saturated heterocycles. The second kappa shape index (κ2) is 7.39. The molecule has 0 aromatic carbocycles. The highest BCUT2D eigenvalue weighted by Gasteiger charge is 2.10. The number of hydrogen-bond donors (Lipinski definition) is 0. The number of allylic oxidation sites excluding steroid dienone is 1. The summed E-state index contributed by atoms with van der Waals surface area (Å²) >= 11 is 0. The molecule has 0 aromatic heterocycles. The van der Waals surface area contributed by atoms with Crippen molar-refractivity contribution < 1.29 is 0 Å². The predicted octanol–water partition coefficient (Wildman–Crippen LogP) is 4.42. The Morgan fingerprint density at radius 1 is 1.25 bits per heavy atom. The molecule has 0 aliphatic heterocycles. The van der Waals surface area contributed by atoms with Crippen molar-refractivity contribution in [2.45, 2.75) is 52.9 Å². The van der Waals surface area contributed by atoms with E-state index in [-0.39, 0.29) is 0 Å². The Morgan fingerprint density at radius 2 is 1.92 bits per heavy atom. The summed E-state index contributed by atoms with van der Waals surface area (Å²) in [6.45, 7) is 10.8. The minimum atomic E-state index is 0.751. The zero-order valence-corrected chi connectivity index (χ0v) is 8.97. The molecule has 0 heterocycles. The Hall–Kier alpha value is -0.260. The third kappa shape index (κ3) is 4.58. The second-order valence-corrected chi connectivity index (χ2v) is 3.78. The molecule has 0 N–H and O–H groups in total. The minimum Gasteiger partial charge on any atom is -0.103 e. The zero-order valence-electron chi connectivity index (χ0n) is 8.97. The largest absolute Gasteiger partial charge is 0.103 e. The lowest BCUT2D eigenvalue weighted by Gasteiger charge is -2.18. The van der Waals surface area contributed by atoms with Crippen molar-refractivity contribution in [3.63, 3.8) is 0 Å². The first-order valence-electron chi connectivity index (χ1n) is 5.38. The maximum Gasteiger partial charge on any atom is -0.0211 e. The van der Waals surface area contributed by atoms with E-state index >= 15 is 0 Å². The lowest BCUT2D eigenvalue weighted by atomic mass is 9.87. The second-order valence-electron chi connectivity index (χ2n) is 3.78. The Morgan fingerprint density at radius 3 is 2.33 bits per heavy atom. The van der Waals surface area contributed by atoms with Crippen molar-refractivity contribution in [3.8, 4) is 0 Å². The van der Waals surface area contributed by atoms with Crippen LogP contribution in [0.25, 0.3) is 0 Å². The van der Waals surface area contributed by atoms with Gasteiger partial charge in [0.1, 0.15) is 0 Å². The van der Waals surface area contributed by atoms with Gasteiger partial charge in [0.25, 0.3) is 0 Å². The fourth-order valence-electron chi connectivity index (χ4n) is 1.57. The van der Waals surface area contributed by atoms with Gasteiger partial charge in [0.15, 0.2) is 0 Å². The molecule has 0 aliphatic carbocycles. The van der Waals surface area contributed by atoms with E-state index in [2.05, 4.69) is 33.4 Å². The maximum absolute atomic E-state index is 3.91. The Balaban J connectivity index is 3.59. The lowest BCUT2D eigenvalue weighted by Crippen LogP contribution is -2.07. The highest BCUT2D eigenvalue weighted by Crippen LogP contribution is 2.22. The van der Waals surface area contributed by atoms with Crippen molar-refractivity contribution in [3.05, 3.63) is 12.7 Å². The van der Waals surface area contributed by atoms with E-state index in [1.54, 1.807) is 0 Å². The van der Waals surface area contributed by atoms with Gasteiger partial charge in [-0.15, -0.1) is 6.58 Å². The summed E-state index contributed by atoms with van der Waals surface area (Å²) in [6, 6.07) is 0. The Bertz CT molecular complexity index is 105. The minimum absolute atomic E-state index is 0.751. The molecule has 72 valence electrons. The Labute approximate surface area is 78.1 Å². The van der Waals surface area contributed by atoms with Crippen LogP contribution in [0.5, 0.6) is 0 Å². The molecule has 0 heteroatoms. The van der Waals surface area contributed by atoms with Crippen LogP contribution in [0.15, 0.2) is 12.7 Å². The number of rotatable bonds is 7. The molecule has 0 rings (SSSR count). The molecule has 0 amide bonds. The van der Waals surface area contributed by atoms with Gasteiger partial charge < -0.3 is 0 Å². The van der Waals surface area contributed by atoms with Crippen molar-refractivity contribution in [2.24, 2.45) is 11.8 Å². The average molecular weight is 168 g/mol. The van der Waals surface area contributed by atoms with Crippen LogP contribution >= 0.6 is 0 Å². The van der Waals surface area contributed by atoms with Gasteiger partial charge in [0.2, 0.25) is 0 Å². The SMILES string of the molecule is C=CC(CCCCC)C(C)CC. The molecule has 2 unspecified atom stereocenters. The van der Waals surface area contributed by atoms with E-state index in [0.717, 1.165) is 11.8 Å². The third-order valence-corrected chi connectivity index (χ3v) is 2.82.